The lowest BCUT2D eigenvalue weighted by atomic mass is 9.98. The van der Waals surface area contributed by atoms with Gasteiger partial charge < -0.3 is 0 Å². The van der Waals surface area contributed by atoms with E-state index in [1.54, 1.807) is 0 Å². The van der Waals surface area contributed by atoms with Crippen molar-refractivity contribution in [1.82, 2.24) is 0 Å². The number of hydrogen-bond acceptors (Lipinski definition) is 0. The van der Waals surface area contributed by atoms with Gasteiger partial charge in [0.15, 0.2) is 0 Å². The summed E-state index contributed by atoms with van der Waals surface area (Å²) in [4.78, 5) is 0. The Labute approximate surface area is 120 Å². The molecule has 0 unspecified atom stereocenters. The first kappa shape index (κ1) is 12.9. The quantitative estimate of drug-likeness (QED) is 0.387. The molecule has 100 valence electrons. The summed E-state index contributed by atoms with van der Waals surface area (Å²) in [6.07, 6.45) is 8.26. The van der Waals surface area contributed by atoms with Crippen molar-refractivity contribution in [1.29, 1.82) is 0 Å². The van der Waals surface area contributed by atoms with Crippen molar-refractivity contribution in [2.45, 2.75) is 26.2 Å². The smallest absolute Gasteiger partial charge is 0.00994 e. The summed E-state index contributed by atoms with van der Waals surface area (Å²) in [6, 6.07) is 19.7. The van der Waals surface area contributed by atoms with Crippen molar-refractivity contribution in [2.24, 2.45) is 0 Å². The third kappa shape index (κ3) is 2.46. The first-order valence-electron chi connectivity index (χ1n) is 7.47. The average molecular weight is 260 g/mol. The van der Waals surface area contributed by atoms with Gasteiger partial charge in [-0.15, -0.1) is 0 Å². The van der Waals surface area contributed by atoms with Crippen LogP contribution in [0.2, 0.25) is 0 Å². The lowest BCUT2D eigenvalue weighted by Crippen LogP contribution is -1.81. The van der Waals surface area contributed by atoms with Gasteiger partial charge in [-0.2, -0.15) is 0 Å². The molecule has 0 heterocycles. The molecule has 3 rings (SSSR count). The van der Waals surface area contributed by atoms with Crippen LogP contribution in [-0.2, 0) is 0 Å². The minimum atomic E-state index is 1.17. The zero-order chi connectivity index (χ0) is 13.8. The van der Waals surface area contributed by atoms with Gasteiger partial charge in [0.1, 0.15) is 0 Å². The van der Waals surface area contributed by atoms with E-state index in [0.29, 0.717) is 0 Å². The van der Waals surface area contributed by atoms with E-state index in [4.69, 9.17) is 0 Å². The zero-order valence-electron chi connectivity index (χ0n) is 12.0. The molecule has 0 aliphatic rings. The fraction of sp³-hybridized carbons (Fsp3) is 0.200. The van der Waals surface area contributed by atoms with Crippen molar-refractivity contribution in [3.8, 4) is 0 Å². The normalized spacial score (nSPS) is 11.7. The second kappa shape index (κ2) is 5.92. The molecule has 0 heteroatoms. The summed E-state index contributed by atoms with van der Waals surface area (Å²) in [7, 11) is 0. The minimum Gasteiger partial charge on any atom is -0.0839 e. The molecular weight excluding hydrogens is 240 g/mol. The van der Waals surface area contributed by atoms with Crippen LogP contribution in [0.4, 0.5) is 0 Å². The van der Waals surface area contributed by atoms with Gasteiger partial charge in [-0.05, 0) is 33.5 Å². The van der Waals surface area contributed by atoms with E-state index in [9.17, 15) is 0 Å². The van der Waals surface area contributed by atoms with Crippen molar-refractivity contribution in [3.05, 3.63) is 66.2 Å². The Hall–Kier alpha value is -2.08. The molecule has 0 saturated heterocycles. The van der Waals surface area contributed by atoms with E-state index < -0.39 is 0 Å². The molecule has 0 amide bonds. The minimum absolute atomic E-state index is 1.17. The molecule has 0 aliphatic carbocycles. The molecule has 0 atom stereocenters. The van der Waals surface area contributed by atoms with Crippen LogP contribution in [0.1, 0.15) is 31.7 Å². The Morgan fingerprint density at radius 1 is 0.800 bits per heavy atom. The highest BCUT2D eigenvalue weighted by molar-refractivity contribution is 6.09. The van der Waals surface area contributed by atoms with Crippen molar-refractivity contribution < 1.29 is 0 Å². The summed E-state index contributed by atoms with van der Waals surface area (Å²) in [5.41, 5.74) is 1.32. The topological polar surface area (TPSA) is 0 Å². The van der Waals surface area contributed by atoms with Crippen LogP contribution in [0.15, 0.2) is 60.7 Å². The second-order valence-electron chi connectivity index (χ2n) is 5.27. The number of unbranched alkanes of at least 4 members (excludes halogenated alkanes) is 2. The van der Waals surface area contributed by atoms with Gasteiger partial charge in [-0.3, -0.25) is 0 Å². The third-order valence-electron chi connectivity index (χ3n) is 3.84. The maximum absolute atomic E-state index is 2.30. The highest BCUT2D eigenvalue weighted by atomic mass is 14.1. The first-order chi connectivity index (χ1) is 9.90. The van der Waals surface area contributed by atoms with Gasteiger partial charge in [0, 0.05) is 0 Å². The number of fused-ring (bicyclic) bond motifs is 3. The van der Waals surface area contributed by atoms with E-state index in [-0.39, 0.29) is 0 Å². The molecule has 0 nitrogen and oxygen atoms in total. The highest BCUT2D eigenvalue weighted by Crippen LogP contribution is 2.28. The Balaban J connectivity index is 2.10. The van der Waals surface area contributed by atoms with Crippen LogP contribution in [0.5, 0.6) is 0 Å². The van der Waals surface area contributed by atoms with Crippen LogP contribution < -0.4 is 0 Å². The van der Waals surface area contributed by atoms with E-state index in [1.807, 2.05) is 0 Å². The number of allylic oxidation sites excluding steroid dienone is 1. The summed E-state index contributed by atoms with van der Waals surface area (Å²) in [6.45, 7) is 2.23. The van der Waals surface area contributed by atoms with Crippen molar-refractivity contribution >= 4 is 27.6 Å². The molecule has 0 N–H and O–H groups in total. The van der Waals surface area contributed by atoms with Gasteiger partial charge in [0.25, 0.3) is 0 Å². The predicted octanol–water partition coefficient (Wildman–Crippen LogP) is 6.20. The number of hydrogen-bond donors (Lipinski definition) is 0. The maximum atomic E-state index is 2.30. The maximum Gasteiger partial charge on any atom is -0.00994 e. The number of benzene rings is 3. The summed E-state index contributed by atoms with van der Waals surface area (Å²) >= 11 is 0. The molecule has 0 bridgehead atoms. The Kier molecular flexibility index (Phi) is 3.83. The van der Waals surface area contributed by atoms with Gasteiger partial charge in [0.05, 0.1) is 0 Å². The Morgan fingerprint density at radius 3 is 2.55 bits per heavy atom. The van der Waals surface area contributed by atoms with Crippen LogP contribution >= 0.6 is 0 Å². The SMILES string of the molecule is CCCCC=Cc1cccc2c1ccc1ccccc12. The van der Waals surface area contributed by atoms with Crippen LogP contribution in [0, 0.1) is 0 Å². The molecule has 0 aliphatic heterocycles. The molecule has 3 aromatic rings. The molecule has 20 heavy (non-hydrogen) atoms. The largest absolute Gasteiger partial charge is 0.0839 e. The summed E-state index contributed by atoms with van der Waals surface area (Å²) in [5.74, 6) is 0. The molecule has 0 radical (unpaired) electrons. The summed E-state index contributed by atoms with van der Waals surface area (Å²) < 4.78 is 0. The highest BCUT2D eigenvalue weighted by Gasteiger charge is 2.02. The third-order valence-corrected chi connectivity index (χ3v) is 3.84. The first-order valence-corrected chi connectivity index (χ1v) is 7.47. The average Bonchev–Trinajstić information content (AvgIpc) is 2.51. The van der Waals surface area contributed by atoms with Crippen molar-refractivity contribution in [2.75, 3.05) is 0 Å². The molecule has 0 saturated carbocycles. The Bertz CT molecular complexity index is 750. The van der Waals surface area contributed by atoms with Gasteiger partial charge in [-0.1, -0.05) is 86.5 Å². The van der Waals surface area contributed by atoms with E-state index >= 15 is 0 Å². The molecule has 3 aromatic carbocycles. The van der Waals surface area contributed by atoms with Crippen LogP contribution in [-0.4, -0.2) is 0 Å². The number of rotatable bonds is 4. The van der Waals surface area contributed by atoms with Crippen LogP contribution in [0.25, 0.3) is 27.6 Å². The van der Waals surface area contributed by atoms with E-state index in [2.05, 4.69) is 73.7 Å². The van der Waals surface area contributed by atoms with Crippen LogP contribution in [0.3, 0.4) is 0 Å². The standard InChI is InChI=1S/C20H20/c1-2-3-4-5-9-16-11-8-13-20-18-12-7-6-10-17(18)14-15-19(16)20/h5-15H,2-4H2,1H3. The lowest BCUT2D eigenvalue weighted by molar-refractivity contribution is 0.816. The second-order valence-corrected chi connectivity index (χ2v) is 5.27. The Morgan fingerprint density at radius 2 is 1.65 bits per heavy atom. The fourth-order valence-corrected chi connectivity index (χ4v) is 2.74. The fourth-order valence-electron chi connectivity index (χ4n) is 2.74. The van der Waals surface area contributed by atoms with Crippen molar-refractivity contribution in [3.63, 3.8) is 0 Å². The van der Waals surface area contributed by atoms with Gasteiger partial charge in [-0.25, -0.2) is 0 Å². The van der Waals surface area contributed by atoms with Gasteiger partial charge in [0.2, 0.25) is 0 Å². The van der Waals surface area contributed by atoms with Gasteiger partial charge >= 0.3 is 0 Å². The van der Waals surface area contributed by atoms with E-state index in [0.717, 1.165) is 0 Å². The summed E-state index contributed by atoms with van der Waals surface area (Å²) in [5, 5.41) is 5.35. The molecule has 0 spiro atoms. The predicted molar refractivity (Wildman–Crippen MR) is 90.0 cm³/mol. The monoisotopic (exact) mass is 260 g/mol. The molecule has 0 fully saturated rings. The molecular formula is C20H20. The molecule has 0 aromatic heterocycles. The lowest BCUT2D eigenvalue weighted by Gasteiger charge is -2.06. The van der Waals surface area contributed by atoms with E-state index in [1.165, 1.54) is 46.4 Å². The zero-order valence-corrected chi connectivity index (χ0v) is 12.0.